The van der Waals surface area contributed by atoms with Crippen molar-refractivity contribution in [1.82, 2.24) is 5.32 Å². The van der Waals surface area contributed by atoms with Crippen LogP contribution in [-0.4, -0.2) is 15.9 Å². The number of rotatable bonds is 6. The number of carbonyl (C=O) groups excluding carboxylic acids is 1. The van der Waals surface area contributed by atoms with E-state index >= 15 is 0 Å². The van der Waals surface area contributed by atoms with Gasteiger partial charge in [0, 0.05) is 12.5 Å². The number of nitrogens with one attached hydrogen (secondary N) is 2. The van der Waals surface area contributed by atoms with Gasteiger partial charge in [0.1, 0.15) is 5.69 Å². The van der Waals surface area contributed by atoms with E-state index in [0.717, 1.165) is 24.8 Å². The van der Waals surface area contributed by atoms with Crippen molar-refractivity contribution in [1.29, 1.82) is 0 Å². The number of carbonyl (C=O) groups is 1. The number of thiocarbonyl (C=S) groups is 1. The zero-order valence-corrected chi connectivity index (χ0v) is 13.0. The topological polar surface area (TPSA) is 84.3 Å². The smallest absolute Gasteiger partial charge is 0.292 e. The van der Waals surface area contributed by atoms with Gasteiger partial charge in [-0.1, -0.05) is 25.8 Å². The number of anilines is 1. The Kier molecular flexibility index (Phi) is 6.74. The summed E-state index contributed by atoms with van der Waals surface area (Å²) >= 11 is 5.00. The number of hydrogen-bond donors (Lipinski definition) is 2. The lowest BCUT2D eigenvalue weighted by molar-refractivity contribution is -0.383. The average molecular weight is 309 g/mol. The Morgan fingerprint density at radius 3 is 2.71 bits per heavy atom. The Labute approximate surface area is 129 Å². The maximum absolute atomic E-state index is 11.6. The number of nitrogens with zero attached hydrogens (tertiary/aromatic N) is 1. The molecule has 0 bridgehead atoms. The summed E-state index contributed by atoms with van der Waals surface area (Å²) in [6, 6.07) is 4.76. The van der Waals surface area contributed by atoms with E-state index in [1.54, 1.807) is 19.1 Å². The molecule has 0 fully saturated rings. The minimum Gasteiger partial charge on any atom is -0.327 e. The molecule has 0 heterocycles. The Morgan fingerprint density at radius 2 is 2.10 bits per heavy atom. The van der Waals surface area contributed by atoms with Crippen LogP contribution in [0.25, 0.3) is 0 Å². The van der Waals surface area contributed by atoms with Crippen LogP contribution in [0.15, 0.2) is 18.2 Å². The Morgan fingerprint density at radius 1 is 1.38 bits per heavy atom. The number of benzene rings is 1. The molecule has 0 aromatic heterocycles. The number of unbranched alkanes of at least 4 members (excludes halogenated alkanes) is 2. The fourth-order valence-corrected chi connectivity index (χ4v) is 2.00. The van der Waals surface area contributed by atoms with Gasteiger partial charge in [-0.15, -0.1) is 0 Å². The van der Waals surface area contributed by atoms with Gasteiger partial charge in [0.25, 0.3) is 5.69 Å². The zero-order chi connectivity index (χ0) is 15.8. The van der Waals surface area contributed by atoms with Crippen molar-refractivity contribution < 1.29 is 9.72 Å². The summed E-state index contributed by atoms with van der Waals surface area (Å²) in [5.41, 5.74) is 0.976. The highest BCUT2D eigenvalue weighted by atomic mass is 32.1. The van der Waals surface area contributed by atoms with Crippen LogP contribution in [-0.2, 0) is 4.79 Å². The molecule has 0 atom stereocenters. The van der Waals surface area contributed by atoms with Crippen molar-refractivity contribution >= 4 is 34.6 Å². The molecule has 1 amide bonds. The van der Waals surface area contributed by atoms with Crippen molar-refractivity contribution in [3.05, 3.63) is 33.9 Å². The maximum Gasteiger partial charge on any atom is 0.292 e. The minimum absolute atomic E-state index is 0.0717. The summed E-state index contributed by atoms with van der Waals surface area (Å²) in [5.74, 6) is -0.185. The molecule has 21 heavy (non-hydrogen) atoms. The number of nitro benzene ring substituents is 1. The van der Waals surface area contributed by atoms with E-state index in [0.29, 0.717) is 6.42 Å². The zero-order valence-electron chi connectivity index (χ0n) is 12.1. The predicted molar refractivity (Wildman–Crippen MR) is 86.3 cm³/mol. The third-order valence-electron chi connectivity index (χ3n) is 2.86. The molecule has 6 nitrogen and oxygen atoms in total. The van der Waals surface area contributed by atoms with Crippen LogP contribution in [0.1, 0.15) is 38.2 Å². The van der Waals surface area contributed by atoms with E-state index < -0.39 is 4.92 Å². The normalized spacial score (nSPS) is 10.0. The molecule has 0 aliphatic heterocycles. The van der Waals surface area contributed by atoms with Crippen molar-refractivity contribution in [2.75, 3.05) is 5.32 Å². The highest BCUT2D eigenvalue weighted by molar-refractivity contribution is 7.80. The summed E-state index contributed by atoms with van der Waals surface area (Å²) in [6.45, 7) is 3.82. The molecule has 0 spiro atoms. The monoisotopic (exact) mass is 309 g/mol. The lowest BCUT2D eigenvalue weighted by atomic mass is 10.2. The lowest BCUT2D eigenvalue weighted by Gasteiger charge is -2.10. The second-order valence-electron chi connectivity index (χ2n) is 4.74. The second kappa shape index (κ2) is 8.31. The summed E-state index contributed by atoms with van der Waals surface area (Å²) in [5, 5.41) is 16.3. The van der Waals surface area contributed by atoms with Crippen LogP contribution in [0.4, 0.5) is 11.4 Å². The maximum atomic E-state index is 11.6. The lowest BCUT2D eigenvalue weighted by Crippen LogP contribution is -2.34. The molecular weight excluding hydrogens is 290 g/mol. The fraction of sp³-hybridized carbons (Fsp3) is 0.429. The first-order valence-corrected chi connectivity index (χ1v) is 7.20. The largest absolute Gasteiger partial charge is 0.327 e. The van der Waals surface area contributed by atoms with Crippen molar-refractivity contribution in [3.63, 3.8) is 0 Å². The van der Waals surface area contributed by atoms with Gasteiger partial charge in [0.2, 0.25) is 5.91 Å². The van der Waals surface area contributed by atoms with Gasteiger partial charge in [-0.05, 0) is 37.2 Å². The van der Waals surface area contributed by atoms with Gasteiger partial charge in [-0.25, -0.2) is 0 Å². The summed E-state index contributed by atoms with van der Waals surface area (Å²) < 4.78 is 0. The van der Waals surface area contributed by atoms with Crippen LogP contribution >= 0.6 is 12.2 Å². The highest BCUT2D eigenvalue weighted by Gasteiger charge is 2.15. The quantitative estimate of drug-likeness (QED) is 0.364. The molecule has 1 aromatic rings. The van der Waals surface area contributed by atoms with Gasteiger partial charge in [-0.3, -0.25) is 14.9 Å². The highest BCUT2D eigenvalue weighted by Crippen LogP contribution is 2.25. The van der Waals surface area contributed by atoms with Crippen LogP contribution in [0.5, 0.6) is 0 Å². The van der Waals surface area contributed by atoms with Crippen molar-refractivity contribution in [3.8, 4) is 0 Å². The standard InChI is InChI=1S/C14H19N3O3S/c1-3-4-5-6-13(18)16-14(21)15-11-8-7-10(2)9-12(11)17(19)20/h7-9H,3-6H2,1-2H3,(H2,15,16,18,21). The molecule has 0 saturated heterocycles. The van der Waals surface area contributed by atoms with Crippen LogP contribution < -0.4 is 10.6 Å². The number of amides is 1. The molecule has 1 rings (SSSR count). The third kappa shape index (κ3) is 5.86. The van der Waals surface area contributed by atoms with E-state index in [-0.39, 0.29) is 22.4 Å². The number of hydrogen-bond acceptors (Lipinski definition) is 4. The second-order valence-corrected chi connectivity index (χ2v) is 5.15. The van der Waals surface area contributed by atoms with Gasteiger partial charge in [0.05, 0.1) is 4.92 Å². The number of nitro groups is 1. The molecule has 114 valence electrons. The first kappa shape index (κ1) is 17.0. The van der Waals surface area contributed by atoms with Crippen LogP contribution in [0.2, 0.25) is 0 Å². The molecule has 1 aromatic carbocycles. The summed E-state index contributed by atoms with van der Waals surface area (Å²) in [7, 11) is 0. The van der Waals surface area contributed by atoms with Gasteiger partial charge in [0.15, 0.2) is 5.11 Å². The van der Waals surface area contributed by atoms with E-state index in [9.17, 15) is 14.9 Å². The van der Waals surface area contributed by atoms with Gasteiger partial charge in [-0.2, -0.15) is 0 Å². The Balaban J connectivity index is 2.63. The van der Waals surface area contributed by atoms with Gasteiger partial charge >= 0.3 is 0 Å². The molecule has 2 N–H and O–H groups in total. The molecule has 0 aliphatic rings. The van der Waals surface area contributed by atoms with Crippen molar-refractivity contribution in [2.45, 2.75) is 39.5 Å². The van der Waals surface area contributed by atoms with E-state index in [4.69, 9.17) is 12.2 Å². The molecule has 7 heteroatoms. The first-order valence-electron chi connectivity index (χ1n) is 6.80. The van der Waals surface area contributed by atoms with Crippen LogP contribution in [0, 0.1) is 17.0 Å². The number of aryl methyl sites for hydroxylation is 1. The van der Waals surface area contributed by atoms with E-state index in [2.05, 4.69) is 17.6 Å². The Hall–Kier alpha value is -2.02. The summed E-state index contributed by atoms with van der Waals surface area (Å²) in [4.78, 5) is 22.1. The Bertz CT molecular complexity index is 546. The minimum atomic E-state index is -0.485. The van der Waals surface area contributed by atoms with Crippen molar-refractivity contribution in [2.24, 2.45) is 0 Å². The molecule has 0 saturated carbocycles. The average Bonchev–Trinajstić information content (AvgIpc) is 2.40. The fourth-order valence-electron chi connectivity index (χ4n) is 1.78. The van der Waals surface area contributed by atoms with E-state index in [1.807, 2.05) is 0 Å². The predicted octanol–water partition coefficient (Wildman–Crippen LogP) is 3.30. The molecule has 0 aliphatic carbocycles. The molecule has 0 radical (unpaired) electrons. The van der Waals surface area contributed by atoms with E-state index in [1.165, 1.54) is 6.07 Å². The molecule has 0 unspecified atom stereocenters. The van der Waals surface area contributed by atoms with Gasteiger partial charge < -0.3 is 10.6 Å². The first-order chi connectivity index (χ1) is 9.93. The summed E-state index contributed by atoms with van der Waals surface area (Å²) in [6.07, 6.45) is 3.21. The molecular formula is C14H19N3O3S. The van der Waals surface area contributed by atoms with Crippen LogP contribution in [0.3, 0.4) is 0 Å². The third-order valence-corrected chi connectivity index (χ3v) is 3.06. The SMILES string of the molecule is CCCCCC(=O)NC(=S)Nc1ccc(C)cc1[N+](=O)[O-].